The van der Waals surface area contributed by atoms with Gasteiger partial charge in [0.15, 0.2) is 0 Å². The number of nitrogens with zero attached hydrogens (tertiary/aromatic N) is 3. The predicted molar refractivity (Wildman–Crippen MR) is 70.2 cm³/mol. The van der Waals surface area contributed by atoms with E-state index in [-0.39, 0.29) is 5.91 Å². The van der Waals surface area contributed by atoms with Gasteiger partial charge in [0.2, 0.25) is 5.91 Å². The molecule has 0 saturated carbocycles. The van der Waals surface area contributed by atoms with Gasteiger partial charge in [-0.1, -0.05) is 6.92 Å². The number of carbonyl (C=O) groups is 1. The molecule has 0 rings (SSSR count). The number of rotatable bonds is 9. The van der Waals surface area contributed by atoms with Crippen molar-refractivity contribution in [2.24, 2.45) is 0 Å². The molecule has 0 unspecified atom stereocenters. The summed E-state index contributed by atoms with van der Waals surface area (Å²) in [4.78, 5) is 17.5. The first-order valence-corrected chi connectivity index (χ1v) is 6.11. The fourth-order valence-electron chi connectivity index (χ4n) is 1.41. The Labute approximate surface area is 105 Å². The molecule has 1 amide bonds. The predicted octanol–water partition coefficient (Wildman–Crippen LogP) is -0.0253. The van der Waals surface area contributed by atoms with Crippen molar-refractivity contribution < 1.29 is 9.53 Å². The van der Waals surface area contributed by atoms with E-state index in [1.807, 2.05) is 7.05 Å². The van der Waals surface area contributed by atoms with Gasteiger partial charge in [0.1, 0.15) is 0 Å². The smallest absolute Gasteiger partial charge is 0.236 e. The number of amides is 1. The van der Waals surface area contributed by atoms with Crippen molar-refractivity contribution >= 4 is 5.91 Å². The van der Waals surface area contributed by atoms with Gasteiger partial charge in [-0.05, 0) is 13.6 Å². The van der Waals surface area contributed by atoms with Crippen LogP contribution in [0.15, 0.2) is 0 Å². The monoisotopic (exact) mass is 245 g/mol. The molecule has 0 heterocycles. The van der Waals surface area contributed by atoms with E-state index in [0.29, 0.717) is 6.54 Å². The Hall–Kier alpha value is -0.650. The lowest BCUT2D eigenvalue weighted by atomic mass is 10.4. The Bertz CT molecular complexity index is 210. The van der Waals surface area contributed by atoms with E-state index in [9.17, 15) is 4.79 Å². The van der Waals surface area contributed by atoms with Crippen molar-refractivity contribution in [3.8, 4) is 0 Å². The highest BCUT2D eigenvalue weighted by atomic mass is 16.5. The zero-order chi connectivity index (χ0) is 13.3. The van der Waals surface area contributed by atoms with Crippen molar-refractivity contribution in [3.63, 3.8) is 0 Å². The summed E-state index contributed by atoms with van der Waals surface area (Å²) in [5, 5.41) is 0. The lowest BCUT2D eigenvalue weighted by molar-refractivity contribution is -0.129. The van der Waals surface area contributed by atoms with Gasteiger partial charge in [-0.15, -0.1) is 0 Å². The van der Waals surface area contributed by atoms with E-state index in [4.69, 9.17) is 4.74 Å². The molecule has 5 heteroatoms. The molecule has 0 aliphatic heterocycles. The molecule has 0 saturated heterocycles. The molecule has 0 radical (unpaired) electrons. The second kappa shape index (κ2) is 9.39. The average Bonchev–Trinajstić information content (AvgIpc) is 2.29. The summed E-state index contributed by atoms with van der Waals surface area (Å²) >= 11 is 0. The first-order chi connectivity index (χ1) is 8.01. The van der Waals surface area contributed by atoms with Crippen LogP contribution in [0.5, 0.6) is 0 Å². The third-order valence-corrected chi connectivity index (χ3v) is 2.76. The van der Waals surface area contributed by atoms with Crippen molar-refractivity contribution in [2.75, 3.05) is 67.6 Å². The molecule has 0 aromatic carbocycles. The molecule has 0 aromatic rings. The molecular formula is C12H27N3O2. The van der Waals surface area contributed by atoms with E-state index in [1.165, 1.54) is 0 Å². The van der Waals surface area contributed by atoms with Crippen LogP contribution in [0.3, 0.4) is 0 Å². The summed E-state index contributed by atoms with van der Waals surface area (Å²) < 4.78 is 5.06. The summed E-state index contributed by atoms with van der Waals surface area (Å²) in [6, 6.07) is 0. The van der Waals surface area contributed by atoms with Crippen molar-refractivity contribution in [3.05, 3.63) is 0 Å². The number of ether oxygens (including phenoxy) is 1. The van der Waals surface area contributed by atoms with Gasteiger partial charge in [0.05, 0.1) is 13.2 Å². The molecule has 0 atom stereocenters. The summed E-state index contributed by atoms with van der Waals surface area (Å²) in [5.74, 6) is 0.146. The number of hydrogen-bond acceptors (Lipinski definition) is 4. The first kappa shape index (κ1) is 16.4. The zero-order valence-electron chi connectivity index (χ0n) is 11.9. The van der Waals surface area contributed by atoms with Crippen LogP contribution in [-0.4, -0.2) is 88.2 Å². The van der Waals surface area contributed by atoms with Gasteiger partial charge in [0, 0.05) is 40.8 Å². The molecule has 0 aliphatic rings. The van der Waals surface area contributed by atoms with Gasteiger partial charge < -0.3 is 14.5 Å². The van der Waals surface area contributed by atoms with Crippen LogP contribution in [0, 0.1) is 0 Å². The minimum absolute atomic E-state index is 0.146. The highest BCUT2D eigenvalue weighted by molar-refractivity contribution is 5.77. The fourth-order valence-corrected chi connectivity index (χ4v) is 1.41. The molecule has 0 fully saturated rings. The van der Waals surface area contributed by atoms with Crippen LogP contribution in [-0.2, 0) is 9.53 Å². The molecular weight excluding hydrogens is 218 g/mol. The summed E-state index contributed by atoms with van der Waals surface area (Å²) in [7, 11) is 7.27. The minimum atomic E-state index is 0.146. The van der Waals surface area contributed by atoms with Crippen molar-refractivity contribution in [1.29, 1.82) is 0 Å². The maximum absolute atomic E-state index is 11.5. The second-order valence-electron chi connectivity index (χ2n) is 4.45. The van der Waals surface area contributed by atoms with Gasteiger partial charge in [-0.25, -0.2) is 0 Å². The molecule has 0 spiro atoms. The number of hydrogen-bond donors (Lipinski definition) is 0. The topological polar surface area (TPSA) is 36.0 Å². The number of carbonyl (C=O) groups excluding carboxylic acids is 1. The van der Waals surface area contributed by atoms with E-state index in [2.05, 4.69) is 16.7 Å². The van der Waals surface area contributed by atoms with Crippen LogP contribution in [0.2, 0.25) is 0 Å². The van der Waals surface area contributed by atoms with Gasteiger partial charge >= 0.3 is 0 Å². The number of methoxy groups -OCH3 is 1. The Morgan fingerprint density at radius 3 is 2.24 bits per heavy atom. The fraction of sp³-hybridized carbons (Fsp3) is 0.917. The summed E-state index contributed by atoms with van der Waals surface area (Å²) in [6.45, 7) is 7.21. The van der Waals surface area contributed by atoms with Crippen LogP contribution in [0.4, 0.5) is 0 Å². The maximum atomic E-state index is 11.5. The Balaban J connectivity index is 3.80. The van der Waals surface area contributed by atoms with Crippen LogP contribution in [0.1, 0.15) is 6.92 Å². The van der Waals surface area contributed by atoms with Crippen LogP contribution in [0.25, 0.3) is 0 Å². The third kappa shape index (κ3) is 8.12. The average molecular weight is 245 g/mol. The normalized spacial score (nSPS) is 11.2. The van der Waals surface area contributed by atoms with E-state index < -0.39 is 0 Å². The lowest BCUT2D eigenvalue weighted by Gasteiger charge is -2.24. The number of likely N-dealkylation sites (N-methyl/N-ethyl adjacent to an activating group) is 3. The molecule has 0 aliphatic carbocycles. The molecule has 0 N–H and O–H groups in total. The van der Waals surface area contributed by atoms with Crippen molar-refractivity contribution in [1.82, 2.24) is 14.7 Å². The minimum Gasteiger partial charge on any atom is -0.383 e. The highest BCUT2D eigenvalue weighted by Gasteiger charge is 2.09. The molecule has 102 valence electrons. The SMILES string of the molecule is CCN(CCOC)CCN(C)CC(=O)N(C)C. The van der Waals surface area contributed by atoms with Crippen LogP contribution >= 0.6 is 0 Å². The standard InChI is InChI=1S/C12H27N3O2/c1-6-15(9-10-17-5)8-7-14(4)11-12(16)13(2)3/h6-11H2,1-5H3. The van der Waals surface area contributed by atoms with E-state index >= 15 is 0 Å². The third-order valence-electron chi connectivity index (χ3n) is 2.76. The van der Waals surface area contributed by atoms with E-state index in [1.54, 1.807) is 26.1 Å². The first-order valence-electron chi connectivity index (χ1n) is 6.11. The molecule has 17 heavy (non-hydrogen) atoms. The van der Waals surface area contributed by atoms with Gasteiger partial charge in [0.25, 0.3) is 0 Å². The Morgan fingerprint density at radius 2 is 1.76 bits per heavy atom. The van der Waals surface area contributed by atoms with Gasteiger partial charge in [-0.2, -0.15) is 0 Å². The largest absolute Gasteiger partial charge is 0.383 e. The van der Waals surface area contributed by atoms with Crippen LogP contribution < -0.4 is 0 Å². The summed E-state index contributed by atoms with van der Waals surface area (Å²) in [5.41, 5.74) is 0. The summed E-state index contributed by atoms with van der Waals surface area (Å²) in [6.07, 6.45) is 0. The Kier molecular flexibility index (Phi) is 9.03. The molecule has 5 nitrogen and oxygen atoms in total. The quantitative estimate of drug-likeness (QED) is 0.572. The molecule has 0 bridgehead atoms. The van der Waals surface area contributed by atoms with Crippen molar-refractivity contribution in [2.45, 2.75) is 6.92 Å². The zero-order valence-corrected chi connectivity index (χ0v) is 11.9. The molecule has 0 aromatic heterocycles. The highest BCUT2D eigenvalue weighted by Crippen LogP contribution is 1.92. The second-order valence-corrected chi connectivity index (χ2v) is 4.45. The Morgan fingerprint density at radius 1 is 1.12 bits per heavy atom. The lowest BCUT2D eigenvalue weighted by Crippen LogP contribution is -2.39. The van der Waals surface area contributed by atoms with Gasteiger partial charge in [-0.3, -0.25) is 9.69 Å². The maximum Gasteiger partial charge on any atom is 0.236 e. The van der Waals surface area contributed by atoms with E-state index in [0.717, 1.165) is 32.8 Å².